The van der Waals surface area contributed by atoms with E-state index in [1.165, 1.54) is 0 Å². The number of nitrogens with zero attached hydrogens (tertiary/aromatic N) is 4. The average Bonchev–Trinajstić information content (AvgIpc) is 2.57. The summed E-state index contributed by atoms with van der Waals surface area (Å²) in [6, 6.07) is 0. The fourth-order valence-corrected chi connectivity index (χ4v) is 3.38. The molecule has 78 valence electrons. The minimum Gasteiger partial charge on any atom is -0.303 e. The Labute approximate surface area is 109 Å². The summed E-state index contributed by atoms with van der Waals surface area (Å²) in [5.74, 6) is 1.12. The molecule has 0 fully saturated rings. The van der Waals surface area contributed by atoms with E-state index in [9.17, 15) is 0 Å². The van der Waals surface area contributed by atoms with Gasteiger partial charge in [0.05, 0.1) is 0 Å². The molecule has 15 heavy (non-hydrogen) atoms. The van der Waals surface area contributed by atoms with Crippen LogP contribution in [0.2, 0.25) is 5.15 Å². The van der Waals surface area contributed by atoms with Gasteiger partial charge in [-0.05, 0) is 6.42 Å². The quantitative estimate of drug-likeness (QED) is 0.415. The van der Waals surface area contributed by atoms with E-state index in [-0.39, 0.29) is 0 Å². The van der Waals surface area contributed by atoms with Crippen molar-refractivity contribution in [1.82, 2.24) is 19.5 Å². The van der Waals surface area contributed by atoms with Gasteiger partial charge in [-0.1, -0.05) is 23.4 Å². The fourth-order valence-electron chi connectivity index (χ4n) is 1.62. The highest BCUT2D eigenvalue weighted by atomic mass is 127. The first-order valence-corrected chi connectivity index (χ1v) is 6.92. The van der Waals surface area contributed by atoms with E-state index in [2.05, 4.69) is 42.1 Å². The number of imidazole rings is 1. The maximum atomic E-state index is 6.04. The van der Waals surface area contributed by atoms with Crippen molar-refractivity contribution >= 4 is 57.1 Å². The summed E-state index contributed by atoms with van der Waals surface area (Å²) in [5.41, 5.74) is 1.59. The largest absolute Gasteiger partial charge is 0.303 e. The molecule has 2 aromatic rings. The van der Waals surface area contributed by atoms with Crippen molar-refractivity contribution in [2.45, 2.75) is 18.1 Å². The highest BCUT2D eigenvalue weighted by molar-refractivity contribution is 14.1. The minimum absolute atomic E-state index is 0.451. The Kier molecular flexibility index (Phi) is 2.52. The summed E-state index contributed by atoms with van der Waals surface area (Å²) in [6.07, 6.45) is 1.15. The van der Waals surface area contributed by atoms with Gasteiger partial charge in [0.15, 0.2) is 19.8 Å². The van der Waals surface area contributed by atoms with Crippen LogP contribution in [-0.4, -0.2) is 25.3 Å². The van der Waals surface area contributed by atoms with Gasteiger partial charge < -0.3 is 4.57 Å². The third-order valence-electron chi connectivity index (χ3n) is 2.25. The van der Waals surface area contributed by atoms with Crippen LogP contribution in [0.25, 0.3) is 11.2 Å². The van der Waals surface area contributed by atoms with Gasteiger partial charge in [-0.2, -0.15) is 0 Å². The predicted octanol–water partition coefficient (Wildman–Crippen LogP) is 2.58. The van der Waals surface area contributed by atoms with Crippen molar-refractivity contribution in [2.24, 2.45) is 0 Å². The lowest BCUT2D eigenvalue weighted by Crippen LogP contribution is -2.07. The first kappa shape index (κ1) is 10.1. The highest BCUT2D eigenvalue weighted by Crippen LogP contribution is 2.30. The van der Waals surface area contributed by atoms with Gasteiger partial charge in [0.2, 0.25) is 0 Å². The second kappa shape index (κ2) is 3.74. The number of rotatable bonds is 0. The molecule has 4 nitrogen and oxygen atoms in total. The van der Waals surface area contributed by atoms with Gasteiger partial charge in [0.1, 0.15) is 5.52 Å². The molecule has 0 radical (unpaired) electrons. The van der Waals surface area contributed by atoms with E-state index in [0.717, 1.165) is 35.0 Å². The predicted molar refractivity (Wildman–Crippen MR) is 68.4 cm³/mol. The Morgan fingerprint density at radius 1 is 1.33 bits per heavy atom. The normalized spacial score (nSPS) is 15.6. The van der Waals surface area contributed by atoms with E-state index < -0.39 is 0 Å². The lowest BCUT2D eigenvalue weighted by atomic mass is 10.4. The molecule has 1 aliphatic heterocycles. The van der Waals surface area contributed by atoms with Crippen molar-refractivity contribution in [1.29, 1.82) is 0 Å². The molecule has 0 spiro atoms. The van der Waals surface area contributed by atoms with Crippen LogP contribution >= 0.6 is 46.0 Å². The Bertz CT molecular complexity index is 541. The molecule has 3 heterocycles. The monoisotopic (exact) mass is 352 g/mol. The molecule has 0 N–H and O–H groups in total. The molecule has 0 atom stereocenters. The first-order valence-electron chi connectivity index (χ1n) is 4.48. The molecule has 0 aliphatic carbocycles. The summed E-state index contributed by atoms with van der Waals surface area (Å²) in [4.78, 5) is 12.9. The number of aromatic nitrogens is 4. The third-order valence-corrected chi connectivity index (χ3v) is 4.06. The average molecular weight is 353 g/mol. The number of halogens is 2. The molecule has 2 aromatic heterocycles. The number of hydrogen-bond acceptors (Lipinski definition) is 4. The lowest BCUT2D eigenvalue weighted by molar-refractivity contribution is 0.619. The molecular formula is C8H6ClIN4S. The van der Waals surface area contributed by atoms with Crippen LogP contribution in [0.5, 0.6) is 0 Å². The maximum Gasteiger partial charge on any atom is 0.194 e. The Hall–Kier alpha value is -0.0800. The second-order valence-corrected chi connectivity index (χ2v) is 5.59. The smallest absolute Gasteiger partial charge is 0.194 e. The van der Waals surface area contributed by atoms with Crippen LogP contribution < -0.4 is 0 Å². The van der Waals surface area contributed by atoms with Gasteiger partial charge in [-0.15, -0.1) is 0 Å². The molecule has 0 unspecified atom stereocenters. The maximum absolute atomic E-state index is 6.04. The first-order chi connectivity index (χ1) is 7.25. The van der Waals surface area contributed by atoms with E-state index in [1.54, 1.807) is 11.8 Å². The molecule has 0 saturated carbocycles. The van der Waals surface area contributed by atoms with Gasteiger partial charge in [0, 0.05) is 34.9 Å². The molecular weight excluding hydrogens is 347 g/mol. The zero-order chi connectivity index (χ0) is 10.4. The summed E-state index contributed by atoms with van der Waals surface area (Å²) in [6.45, 7) is 0.974. The molecule has 3 rings (SSSR count). The topological polar surface area (TPSA) is 43.6 Å². The Morgan fingerprint density at radius 3 is 3.07 bits per heavy atom. The zero-order valence-corrected chi connectivity index (χ0v) is 11.3. The fraction of sp³-hybridized carbons (Fsp3) is 0.375. The van der Waals surface area contributed by atoms with Crippen molar-refractivity contribution in [2.75, 3.05) is 5.75 Å². The van der Waals surface area contributed by atoms with E-state index in [1.807, 2.05) is 0 Å². The molecule has 7 heteroatoms. The Balaban J connectivity index is 2.37. The van der Waals surface area contributed by atoms with Crippen LogP contribution in [0.15, 0.2) is 5.16 Å². The van der Waals surface area contributed by atoms with E-state index in [0.29, 0.717) is 8.98 Å². The standard InChI is InChI=1S/C8H6ClIN4S/c9-5-4-6(13-7(10)12-5)14-2-1-3-15-8(14)11-4/h1-3H2. The summed E-state index contributed by atoms with van der Waals surface area (Å²) < 4.78 is 2.79. The summed E-state index contributed by atoms with van der Waals surface area (Å²) in [5, 5.41) is 1.46. The van der Waals surface area contributed by atoms with Crippen LogP contribution in [0.4, 0.5) is 0 Å². The molecule has 0 bridgehead atoms. The van der Waals surface area contributed by atoms with Crippen molar-refractivity contribution in [3.05, 3.63) is 8.98 Å². The van der Waals surface area contributed by atoms with Gasteiger partial charge >= 0.3 is 0 Å². The number of hydrogen-bond donors (Lipinski definition) is 0. The SMILES string of the molecule is Clc1nc(I)nc2c1nc1n2CCCS1. The van der Waals surface area contributed by atoms with E-state index in [4.69, 9.17) is 11.6 Å². The van der Waals surface area contributed by atoms with Crippen molar-refractivity contribution in [3.63, 3.8) is 0 Å². The minimum atomic E-state index is 0.451. The number of aryl methyl sites for hydroxylation is 1. The van der Waals surface area contributed by atoms with Crippen LogP contribution in [0.1, 0.15) is 6.42 Å². The molecule has 0 saturated heterocycles. The van der Waals surface area contributed by atoms with E-state index >= 15 is 0 Å². The number of fused-ring (bicyclic) bond motifs is 3. The summed E-state index contributed by atoms with van der Waals surface area (Å²) >= 11 is 9.86. The number of thioether (sulfide) groups is 1. The summed E-state index contributed by atoms with van der Waals surface area (Å²) in [7, 11) is 0. The van der Waals surface area contributed by atoms with Crippen molar-refractivity contribution < 1.29 is 0 Å². The third kappa shape index (κ3) is 1.62. The van der Waals surface area contributed by atoms with Crippen LogP contribution in [0, 0.1) is 3.83 Å². The van der Waals surface area contributed by atoms with Crippen LogP contribution in [-0.2, 0) is 6.54 Å². The Morgan fingerprint density at radius 2 is 2.20 bits per heavy atom. The second-order valence-electron chi connectivity index (χ2n) is 3.20. The zero-order valence-electron chi connectivity index (χ0n) is 7.57. The van der Waals surface area contributed by atoms with Crippen molar-refractivity contribution in [3.8, 4) is 0 Å². The highest BCUT2D eigenvalue weighted by Gasteiger charge is 2.19. The van der Waals surface area contributed by atoms with Gasteiger partial charge in [-0.3, -0.25) is 0 Å². The molecule has 1 aliphatic rings. The van der Waals surface area contributed by atoms with Crippen LogP contribution in [0.3, 0.4) is 0 Å². The lowest BCUT2D eigenvalue weighted by Gasteiger charge is -2.12. The molecule has 0 amide bonds. The van der Waals surface area contributed by atoms with Gasteiger partial charge in [-0.25, -0.2) is 15.0 Å². The molecule has 0 aromatic carbocycles. The van der Waals surface area contributed by atoms with Gasteiger partial charge in [0.25, 0.3) is 0 Å².